The highest BCUT2D eigenvalue weighted by Crippen LogP contribution is 2.33. The van der Waals surface area contributed by atoms with Gasteiger partial charge in [-0.2, -0.15) is 0 Å². The normalized spacial score (nSPS) is 15.9. The number of anilines is 1. The standard InChI is InChI=1S/C23H25FN4O3.2H2/c1-2-11-31-23(30)25-13-15-9-10-28(14-15)22-18-12-16(24)7-8-19(18)26-21(27-22)17-5-3-4-6-20(17)29;;/h3-8,12,15,29H,2,9-11,13-14H2,1H3,(H,25,30);2*1H/t15-;;/m0../s1. The van der Waals surface area contributed by atoms with Crippen molar-refractivity contribution in [3.63, 3.8) is 0 Å². The number of nitrogens with zero attached hydrogens (tertiary/aromatic N) is 3. The molecule has 1 saturated heterocycles. The van der Waals surface area contributed by atoms with Crippen molar-refractivity contribution < 1.29 is 21.9 Å². The van der Waals surface area contributed by atoms with Gasteiger partial charge < -0.3 is 20.1 Å². The van der Waals surface area contributed by atoms with Crippen molar-refractivity contribution in [3.8, 4) is 17.1 Å². The minimum absolute atomic E-state index is 0. The van der Waals surface area contributed by atoms with Crippen LogP contribution in [0.1, 0.15) is 22.6 Å². The SMILES string of the molecule is CCCOC(=O)NC[C@@H]1CCN(c2nc(-c3ccccc3O)nc3ccc(F)cc23)C1.[HH].[HH]. The van der Waals surface area contributed by atoms with Crippen LogP contribution in [0.5, 0.6) is 5.75 Å². The molecule has 7 nitrogen and oxygen atoms in total. The molecule has 0 radical (unpaired) electrons. The molecular weight excluding hydrogens is 399 g/mol. The number of amides is 1. The number of carbonyl (C=O) groups is 1. The van der Waals surface area contributed by atoms with Crippen LogP contribution in [0, 0.1) is 11.7 Å². The molecule has 166 valence electrons. The molecule has 0 aliphatic carbocycles. The van der Waals surface area contributed by atoms with E-state index >= 15 is 0 Å². The van der Waals surface area contributed by atoms with Crippen LogP contribution >= 0.6 is 0 Å². The Hall–Kier alpha value is -3.42. The number of hydrogen-bond acceptors (Lipinski definition) is 6. The molecule has 1 aliphatic rings. The zero-order valence-corrected chi connectivity index (χ0v) is 17.3. The zero-order valence-electron chi connectivity index (χ0n) is 17.3. The molecule has 1 aliphatic heterocycles. The summed E-state index contributed by atoms with van der Waals surface area (Å²) in [5.41, 5.74) is 1.13. The zero-order chi connectivity index (χ0) is 21.8. The molecule has 0 unspecified atom stereocenters. The van der Waals surface area contributed by atoms with Crippen molar-refractivity contribution in [3.05, 3.63) is 48.3 Å². The Morgan fingerprint density at radius 1 is 1.32 bits per heavy atom. The highest BCUT2D eigenvalue weighted by Gasteiger charge is 2.26. The van der Waals surface area contributed by atoms with E-state index in [4.69, 9.17) is 9.72 Å². The number of ether oxygens (including phenoxy) is 1. The van der Waals surface area contributed by atoms with E-state index in [1.807, 2.05) is 13.0 Å². The van der Waals surface area contributed by atoms with E-state index in [1.165, 1.54) is 12.1 Å². The van der Waals surface area contributed by atoms with Gasteiger partial charge in [-0.3, -0.25) is 0 Å². The number of aromatic nitrogens is 2. The smallest absolute Gasteiger partial charge is 0.407 e. The topological polar surface area (TPSA) is 87.6 Å². The molecule has 1 fully saturated rings. The van der Waals surface area contributed by atoms with E-state index in [9.17, 15) is 14.3 Å². The average molecular weight is 429 g/mol. The Balaban J connectivity index is 0.00000193. The van der Waals surface area contributed by atoms with Crippen LogP contribution in [0.25, 0.3) is 22.3 Å². The number of fused-ring (bicyclic) bond motifs is 1. The Labute approximate surface area is 182 Å². The summed E-state index contributed by atoms with van der Waals surface area (Å²) in [4.78, 5) is 23.1. The molecular formula is C23H29FN4O3. The molecule has 1 amide bonds. The summed E-state index contributed by atoms with van der Waals surface area (Å²) in [5.74, 6) is 0.963. The van der Waals surface area contributed by atoms with E-state index in [0.29, 0.717) is 47.8 Å². The van der Waals surface area contributed by atoms with E-state index in [0.717, 1.165) is 19.4 Å². The number of benzene rings is 2. The van der Waals surface area contributed by atoms with Gasteiger partial charge in [-0.05, 0) is 49.1 Å². The van der Waals surface area contributed by atoms with Crippen molar-refractivity contribution in [1.29, 1.82) is 0 Å². The van der Waals surface area contributed by atoms with Crippen molar-refractivity contribution in [2.75, 3.05) is 31.1 Å². The van der Waals surface area contributed by atoms with Crippen LogP contribution in [0.15, 0.2) is 42.5 Å². The molecule has 8 heteroatoms. The van der Waals surface area contributed by atoms with E-state index in [2.05, 4.69) is 15.2 Å². The first-order chi connectivity index (χ1) is 15.0. The Morgan fingerprint density at radius 3 is 2.97 bits per heavy atom. The second-order valence-electron chi connectivity index (χ2n) is 7.67. The first-order valence-electron chi connectivity index (χ1n) is 10.5. The van der Waals surface area contributed by atoms with Gasteiger partial charge in [0.15, 0.2) is 5.82 Å². The fourth-order valence-corrected chi connectivity index (χ4v) is 3.77. The van der Waals surface area contributed by atoms with Crippen LogP contribution in [0.3, 0.4) is 0 Å². The molecule has 1 aromatic heterocycles. The van der Waals surface area contributed by atoms with Gasteiger partial charge in [-0.15, -0.1) is 0 Å². The number of phenols is 1. The van der Waals surface area contributed by atoms with Gasteiger partial charge in [0.05, 0.1) is 17.7 Å². The highest BCUT2D eigenvalue weighted by molar-refractivity contribution is 5.91. The average Bonchev–Trinajstić information content (AvgIpc) is 3.25. The minimum Gasteiger partial charge on any atom is -0.507 e. The maximum Gasteiger partial charge on any atom is 0.407 e. The maximum absolute atomic E-state index is 14.0. The third kappa shape index (κ3) is 4.68. The monoisotopic (exact) mass is 428 g/mol. The van der Waals surface area contributed by atoms with Gasteiger partial charge in [0, 0.05) is 27.9 Å². The lowest BCUT2D eigenvalue weighted by molar-refractivity contribution is 0.145. The minimum atomic E-state index is -0.406. The molecule has 1 atom stereocenters. The second kappa shape index (κ2) is 9.16. The van der Waals surface area contributed by atoms with Crippen LogP contribution in [0.4, 0.5) is 15.0 Å². The lowest BCUT2D eigenvalue weighted by atomic mass is 10.1. The summed E-state index contributed by atoms with van der Waals surface area (Å²) in [6, 6.07) is 11.3. The molecule has 0 bridgehead atoms. The number of aromatic hydroxyl groups is 1. The Kier molecular flexibility index (Phi) is 6.16. The molecule has 31 heavy (non-hydrogen) atoms. The van der Waals surface area contributed by atoms with Crippen molar-refractivity contribution in [2.24, 2.45) is 5.92 Å². The van der Waals surface area contributed by atoms with Gasteiger partial charge in [-0.25, -0.2) is 19.2 Å². The molecule has 2 aromatic carbocycles. The summed E-state index contributed by atoms with van der Waals surface area (Å²) in [6.45, 7) is 4.23. The third-order valence-corrected chi connectivity index (χ3v) is 5.34. The number of nitrogens with one attached hydrogen (secondary N) is 1. The predicted octanol–water partition coefficient (Wildman–Crippen LogP) is 4.60. The van der Waals surface area contributed by atoms with E-state index in [1.54, 1.807) is 24.3 Å². The Morgan fingerprint density at radius 2 is 2.16 bits per heavy atom. The summed E-state index contributed by atoms with van der Waals surface area (Å²) >= 11 is 0. The first kappa shape index (κ1) is 20.8. The van der Waals surface area contributed by atoms with Crippen molar-refractivity contribution in [2.45, 2.75) is 19.8 Å². The first-order valence-corrected chi connectivity index (χ1v) is 10.5. The van der Waals surface area contributed by atoms with Crippen molar-refractivity contribution in [1.82, 2.24) is 15.3 Å². The molecule has 4 rings (SSSR count). The largest absolute Gasteiger partial charge is 0.507 e. The van der Waals surface area contributed by atoms with Gasteiger partial charge in [0.1, 0.15) is 17.4 Å². The number of phenolic OH excluding ortho intramolecular Hbond substituents is 1. The predicted molar refractivity (Wildman–Crippen MR) is 121 cm³/mol. The molecule has 2 heterocycles. The number of halogens is 1. The van der Waals surface area contributed by atoms with Gasteiger partial charge in [0.25, 0.3) is 0 Å². The number of carbonyl (C=O) groups excluding carboxylic acids is 1. The lowest BCUT2D eigenvalue weighted by Crippen LogP contribution is -2.31. The van der Waals surface area contributed by atoms with Crippen LogP contribution in [-0.4, -0.2) is 47.4 Å². The third-order valence-electron chi connectivity index (χ3n) is 5.34. The molecule has 0 spiro atoms. The summed E-state index contributed by atoms with van der Waals surface area (Å²) in [7, 11) is 0. The fourth-order valence-electron chi connectivity index (χ4n) is 3.77. The molecule has 2 N–H and O–H groups in total. The fraction of sp³-hybridized carbons (Fsp3) is 0.348. The van der Waals surface area contributed by atoms with Crippen LogP contribution in [0.2, 0.25) is 0 Å². The summed E-state index contributed by atoms with van der Waals surface area (Å²) in [6.07, 6.45) is 1.24. The number of rotatable bonds is 6. The number of alkyl carbamates (subject to hydrolysis) is 1. The van der Waals surface area contributed by atoms with E-state index < -0.39 is 6.09 Å². The van der Waals surface area contributed by atoms with Crippen LogP contribution < -0.4 is 10.2 Å². The summed E-state index contributed by atoms with van der Waals surface area (Å²) in [5, 5.41) is 13.7. The number of hydrogen-bond donors (Lipinski definition) is 2. The maximum atomic E-state index is 14.0. The van der Waals surface area contributed by atoms with Gasteiger partial charge in [0.2, 0.25) is 0 Å². The lowest BCUT2D eigenvalue weighted by Gasteiger charge is -2.20. The van der Waals surface area contributed by atoms with E-state index in [-0.39, 0.29) is 20.3 Å². The number of para-hydroxylation sites is 1. The molecule has 3 aromatic rings. The highest BCUT2D eigenvalue weighted by atomic mass is 19.1. The Bertz CT molecular complexity index is 1100. The van der Waals surface area contributed by atoms with Gasteiger partial charge in [-0.1, -0.05) is 19.1 Å². The molecule has 0 saturated carbocycles. The summed E-state index contributed by atoms with van der Waals surface area (Å²) < 4.78 is 19.1. The second-order valence-corrected chi connectivity index (χ2v) is 7.67. The quantitative estimate of drug-likeness (QED) is 0.597. The van der Waals surface area contributed by atoms with Crippen LogP contribution in [-0.2, 0) is 4.74 Å². The van der Waals surface area contributed by atoms with Gasteiger partial charge >= 0.3 is 6.09 Å². The van der Waals surface area contributed by atoms with Crippen molar-refractivity contribution >= 4 is 22.8 Å².